The molecule has 172 valence electrons. The first kappa shape index (κ1) is 22.1. The number of esters is 1. The maximum Gasteiger partial charge on any atom is 0.337 e. The first-order chi connectivity index (χ1) is 16.4. The average molecular weight is 481 g/mol. The van der Waals surface area contributed by atoms with Crippen LogP contribution in [-0.4, -0.2) is 31.0 Å². The molecule has 2 fully saturated rings. The summed E-state index contributed by atoms with van der Waals surface area (Å²) in [6, 6.07) is 17.8. The van der Waals surface area contributed by atoms with Gasteiger partial charge in [-0.05, 0) is 66.2 Å². The molecule has 0 aromatic heterocycles. The molecule has 34 heavy (non-hydrogen) atoms. The van der Waals surface area contributed by atoms with Crippen molar-refractivity contribution in [2.45, 2.75) is 12.1 Å². The number of ether oxygens (including phenoxy) is 1. The molecule has 2 amide bonds. The number of imide groups is 1. The van der Waals surface area contributed by atoms with Gasteiger partial charge in [0.15, 0.2) is 6.10 Å². The van der Waals surface area contributed by atoms with Gasteiger partial charge < -0.3 is 4.74 Å². The molecule has 0 bridgehead atoms. The molecule has 0 aliphatic carbocycles. The van der Waals surface area contributed by atoms with Crippen LogP contribution in [0, 0.1) is 11.7 Å². The average Bonchev–Trinajstić information content (AvgIpc) is 3.35. The Labute approximate surface area is 199 Å². The summed E-state index contributed by atoms with van der Waals surface area (Å²) in [5.41, 5.74) is 1.83. The maximum absolute atomic E-state index is 13.6. The summed E-state index contributed by atoms with van der Waals surface area (Å²) in [6.45, 7) is 0. The fourth-order valence-corrected chi connectivity index (χ4v) is 4.47. The lowest BCUT2D eigenvalue weighted by molar-refractivity contribution is -0.126. The van der Waals surface area contributed by atoms with E-state index in [1.165, 1.54) is 48.6 Å². The van der Waals surface area contributed by atoms with Crippen molar-refractivity contribution in [2.75, 3.05) is 17.1 Å². The number of carbonyl (C=O) groups excluding carboxylic acids is 3. The highest BCUT2D eigenvalue weighted by molar-refractivity contribution is 6.30. The number of nitrogens with zero attached hydrogens (tertiary/aromatic N) is 2. The molecule has 0 spiro atoms. The first-order valence-electron chi connectivity index (χ1n) is 10.4. The molecule has 2 aliphatic rings. The lowest BCUT2D eigenvalue weighted by atomic mass is 9.90. The first-order valence-corrected chi connectivity index (χ1v) is 10.8. The van der Waals surface area contributed by atoms with Crippen LogP contribution >= 0.6 is 11.6 Å². The van der Waals surface area contributed by atoms with Crippen LogP contribution in [0.15, 0.2) is 72.8 Å². The van der Waals surface area contributed by atoms with Gasteiger partial charge in [-0.1, -0.05) is 23.7 Å². The van der Waals surface area contributed by atoms with Crippen molar-refractivity contribution >= 4 is 40.8 Å². The molecule has 0 N–H and O–H groups in total. The zero-order chi connectivity index (χ0) is 24.0. The van der Waals surface area contributed by atoms with Crippen LogP contribution in [0.25, 0.3) is 0 Å². The zero-order valence-electron chi connectivity index (χ0n) is 17.9. The molecule has 0 radical (unpaired) electrons. The molecule has 3 atom stereocenters. The van der Waals surface area contributed by atoms with Crippen molar-refractivity contribution < 1.29 is 28.3 Å². The maximum atomic E-state index is 13.6. The Hall–Kier alpha value is -3.75. The summed E-state index contributed by atoms with van der Waals surface area (Å²) >= 11 is 6.01. The summed E-state index contributed by atoms with van der Waals surface area (Å²) in [5, 5.41) is 2.03. The highest BCUT2D eigenvalue weighted by Crippen LogP contribution is 2.47. The van der Waals surface area contributed by atoms with E-state index in [1.54, 1.807) is 36.4 Å². The van der Waals surface area contributed by atoms with Gasteiger partial charge in [0.05, 0.1) is 30.1 Å². The fourth-order valence-electron chi connectivity index (χ4n) is 4.34. The van der Waals surface area contributed by atoms with E-state index in [0.29, 0.717) is 27.5 Å². The van der Waals surface area contributed by atoms with Gasteiger partial charge in [-0.2, -0.15) is 0 Å². The van der Waals surface area contributed by atoms with Crippen LogP contribution in [0.5, 0.6) is 0 Å². The summed E-state index contributed by atoms with van der Waals surface area (Å²) < 4.78 is 18.3. The monoisotopic (exact) mass is 480 g/mol. The normalized spacial score (nSPS) is 21.7. The number of fused-ring (bicyclic) bond motifs is 1. The third kappa shape index (κ3) is 3.61. The lowest BCUT2D eigenvalue weighted by Crippen LogP contribution is -2.37. The number of carbonyl (C=O) groups is 3. The predicted molar refractivity (Wildman–Crippen MR) is 122 cm³/mol. The van der Waals surface area contributed by atoms with Crippen molar-refractivity contribution in [1.29, 1.82) is 0 Å². The molecule has 3 aromatic carbocycles. The Balaban J connectivity index is 1.53. The number of hydrogen-bond donors (Lipinski definition) is 0. The second-order valence-electron chi connectivity index (χ2n) is 7.90. The van der Waals surface area contributed by atoms with Crippen LogP contribution in [0.4, 0.5) is 15.8 Å². The topological polar surface area (TPSA) is 76.2 Å². The molecule has 3 unspecified atom stereocenters. The number of anilines is 2. The van der Waals surface area contributed by atoms with E-state index in [4.69, 9.17) is 21.2 Å². The van der Waals surface area contributed by atoms with E-state index < -0.39 is 41.7 Å². The number of rotatable bonds is 4. The van der Waals surface area contributed by atoms with E-state index in [-0.39, 0.29) is 0 Å². The van der Waals surface area contributed by atoms with Crippen LogP contribution in [0.2, 0.25) is 5.02 Å². The van der Waals surface area contributed by atoms with Gasteiger partial charge in [0, 0.05) is 5.02 Å². The predicted octanol–water partition coefficient (Wildman–Crippen LogP) is 4.32. The molecular weight excluding hydrogens is 463 g/mol. The minimum atomic E-state index is -1.07. The standard InChI is InChI=1S/C25H18ClFN2O5/c1-33-25(32)15-4-10-18(11-5-15)28-23(30)20-21(14-2-8-17(27)9-3-14)29(34-22(20)24(28)31)19-12-6-16(26)7-13-19/h2-13,20-22H,1H3. The molecule has 3 aromatic rings. The van der Waals surface area contributed by atoms with Crippen molar-refractivity contribution in [3.63, 3.8) is 0 Å². The number of benzene rings is 3. The minimum absolute atomic E-state index is 0.292. The van der Waals surface area contributed by atoms with Crippen LogP contribution in [-0.2, 0) is 19.2 Å². The third-order valence-electron chi connectivity index (χ3n) is 5.95. The van der Waals surface area contributed by atoms with Gasteiger partial charge >= 0.3 is 5.97 Å². The largest absolute Gasteiger partial charge is 0.465 e. The van der Waals surface area contributed by atoms with Crippen molar-refractivity contribution in [3.8, 4) is 0 Å². The molecule has 2 aliphatic heterocycles. The molecule has 2 saturated heterocycles. The van der Waals surface area contributed by atoms with Crippen molar-refractivity contribution in [2.24, 2.45) is 5.92 Å². The van der Waals surface area contributed by atoms with Crippen LogP contribution < -0.4 is 9.96 Å². The summed E-state index contributed by atoms with van der Waals surface area (Å²) in [5.74, 6) is -2.79. The molecular formula is C25H18ClFN2O5. The smallest absolute Gasteiger partial charge is 0.337 e. The van der Waals surface area contributed by atoms with Gasteiger partial charge in [-0.3, -0.25) is 14.4 Å². The lowest BCUT2D eigenvalue weighted by Gasteiger charge is -2.28. The Kier molecular flexibility index (Phi) is 5.55. The molecule has 7 nitrogen and oxygen atoms in total. The summed E-state index contributed by atoms with van der Waals surface area (Å²) in [6.07, 6.45) is -1.07. The van der Waals surface area contributed by atoms with Gasteiger partial charge in [0.1, 0.15) is 11.7 Å². The number of hydrogen-bond acceptors (Lipinski definition) is 6. The Morgan fingerprint density at radius 1 is 0.912 bits per heavy atom. The highest BCUT2D eigenvalue weighted by Gasteiger charge is 2.60. The number of methoxy groups -OCH3 is 1. The van der Waals surface area contributed by atoms with E-state index in [9.17, 15) is 18.8 Å². The van der Waals surface area contributed by atoms with Gasteiger partial charge in [-0.25, -0.2) is 19.1 Å². The number of hydroxylamine groups is 1. The Morgan fingerprint density at radius 2 is 1.53 bits per heavy atom. The quantitative estimate of drug-likeness (QED) is 0.409. The zero-order valence-corrected chi connectivity index (χ0v) is 18.6. The van der Waals surface area contributed by atoms with E-state index in [2.05, 4.69) is 0 Å². The molecule has 2 heterocycles. The Morgan fingerprint density at radius 3 is 2.15 bits per heavy atom. The second-order valence-corrected chi connectivity index (χ2v) is 8.34. The summed E-state index contributed by atoms with van der Waals surface area (Å²) in [7, 11) is 1.27. The molecule has 5 rings (SSSR count). The molecule has 0 saturated carbocycles. The number of amides is 2. The third-order valence-corrected chi connectivity index (χ3v) is 6.21. The fraction of sp³-hybridized carbons (Fsp3) is 0.160. The minimum Gasteiger partial charge on any atom is -0.465 e. The van der Waals surface area contributed by atoms with E-state index in [1.807, 2.05) is 0 Å². The van der Waals surface area contributed by atoms with Crippen LogP contribution in [0.1, 0.15) is 22.0 Å². The van der Waals surface area contributed by atoms with Gasteiger partial charge in [-0.15, -0.1) is 0 Å². The highest BCUT2D eigenvalue weighted by atomic mass is 35.5. The molecule has 9 heteroatoms. The van der Waals surface area contributed by atoms with Gasteiger partial charge in [0.2, 0.25) is 5.91 Å². The van der Waals surface area contributed by atoms with Crippen LogP contribution in [0.3, 0.4) is 0 Å². The van der Waals surface area contributed by atoms with Crippen molar-refractivity contribution in [1.82, 2.24) is 0 Å². The van der Waals surface area contributed by atoms with Crippen molar-refractivity contribution in [3.05, 3.63) is 94.8 Å². The summed E-state index contributed by atoms with van der Waals surface area (Å²) in [4.78, 5) is 45.7. The SMILES string of the molecule is COC(=O)c1ccc(N2C(=O)C3ON(c4ccc(Cl)cc4)C(c4ccc(F)cc4)C3C2=O)cc1. The van der Waals surface area contributed by atoms with Gasteiger partial charge in [0.25, 0.3) is 5.91 Å². The van der Waals surface area contributed by atoms with E-state index >= 15 is 0 Å². The second kappa shape index (κ2) is 8.55. The number of halogens is 2. The van der Waals surface area contributed by atoms with E-state index in [0.717, 1.165) is 4.90 Å². The Bertz CT molecular complexity index is 1260.